The summed E-state index contributed by atoms with van der Waals surface area (Å²) in [5.41, 5.74) is 6.65. The number of unbranched alkanes of at least 4 members (excludes halogenated alkanes) is 2. The van der Waals surface area contributed by atoms with Gasteiger partial charge in [0.1, 0.15) is 17.4 Å². The van der Waals surface area contributed by atoms with Gasteiger partial charge in [-0.1, -0.05) is 46.0 Å². The molecular weight excluding hydrogens is 556 g/mol. The van der Waals surface area contributed by atoms with Crippen LogP contribution in [0, 0.1) is 5.92 Å². The van der Waals surface area contributed by atoms with Gasteiger partial charge in [0, 0.05) is 65.4 Å². The quantitative estimate of drug-likeness (QED) is 0.356. The van der Waals surface area contributed by atoms with Gasteiger partial charge < -0.3 is 5.73 Å². The molecule has 4 aliphatic rings. The van der Waals surface area contributed by atoms with Crippen LogP contribution in [0.5, 0.6) is 0 Å². The Morgan fingerprint density at radius 1 is 1.03 bits per heavy atom. The molecule has 4 heterocycles. The number of hydrogen-bond donors (Lipinski definition) is 1. The molecule has 1 radical (unpaired) electrons. The molecule has 2 amide bonds. The number of ketones is 2. The predicted octanol–water partition coefficient (Wildman–Crippen LogP) is 1.22. The van der Waals surface area contributed by atoms with Crippen molar-refractivity contribution in [2.75, 3.05) is 39.3 Å². The van der Waals surface area contributed by atoms with Crippen LogP contribution in [0.15, 0.2) is 0 Å². The topological polar surface area (TPSA) is 117 Å². The molecule has 4 fully saturated rings. The van der Waals surface area contributed by atoms with E-state index in [0.29, 0.717) is 52.0 Å². The number of fused-ring (bicyclic) bond motifs is 2. The number of amides is 2. The van der Waals surface area contributed by atoms with Gasteiger partial charge >= 0.3 is 0 Å². The zero-order valence-corrected chi connectivity index (χ0v) is 26.3. The number of hydrazine groups is 2. The van der Waals surface area contributed by atoms with Crippen LogP contribution in [0.2, 0.25) is 0 Å². The number of nitrogens with one attached hydrogen (secondary N) is 2. The molecule has 0 aromatic heterocycles. The zero-order chi connectivity index (χ0) is 24.7. The fourth-order valence-electron chi connectivity index (χ4n) is 5.92. The summed E-state index contributed by atoms with van der Waals surface area (Å²) < 4.78 is 0. The maximum atomic E-state index is 13.4. The third-order valence-electron chi connectivity index (χ3n) is 8.05. The monoisotopic (exact) mass is 598 g/mol. The van der Waals surface area contributed by atoms with Gasteiger partial charge in [-0.25, -0.2) is 10.0 Å². The van der Waals surface area contributed by atoms with E-state index in [0.717, 1.165) is 25.7 Å². The van der Waals surface area contributed by atoms with Crippen molar-refractivity contribution in [2.24, 2.45) is 5.92 Å². The molecule has 4 aliphatic heterocycles. The van der Waals surface area contributed by atoms with Crippen molar-refractivity contribution >= 4 is 33.3 Å². The van der Waals surface area contributed by atoms with Crippen LogP contribution in [0.4, 0.5) is 0 Å². The average molecular weight is 599 g/mol. The second-order valence-corrected chi connectivity index (χ2v) is 10.6. The Kier molecular flexibility index (Phi) is 11.2. The van der Waals surface area contributed by atoms with Crippen LogP contribution in [0.25, 0.3) is 5.73 Å². The average Bonchev–Trinajstić information content (AvgIpc) is 3.52. The summed E-state index contributed by atoms with van der Waals surface area (Å²) in [5.74, 6) is -0.500. The number of carbonyl (C=O) groups excluding carboxylic acids is 4. The van der Waals surface area contributed by atoms with Crippen LogP contribution in [0.3, 0.4) is 0 Å². The largest absolute Gasteiger partial charge is 0.663 e. The van der Waals surface area contributed by atoms with E-state index >= 15 is 0 Å². The van der Waals surface area contributed by atoms with E-state index in [9.17, 15) is 19.2 Å². The summed E-state index contributed by atoms with van der Waals surface area (Å²) in [6.45, 7) is 8.04. The maximum Gasteiger partial charge on any atom is 0.258 e. The summed E-state index contributed by atoms with van der Waals surface area (Å²) in [6.07, 6.45) is 5.22. The van der Waals surface area contributed by atoms with Crippen LogP contribution in [-0.4, -0.2) is 99.8 Å². The van der Waals surface area contributed by atoms with Crippen molar-refractivity contribution < 1.29 is 51.9 Å². The van der Waals surface area contributed by atoms with E-state index in [1.54, 1.807) is 11.9 Å². The first kappa shape index (κ1) is 31.9. The van der Waals surface area contributed by atoms with E-state index in [4.69, 9.17) is 5.73 Å². The van der Waals surface area contributed by atoms with E-state index in [1.165, 1.54) is 5.01 Å². The molecule has 0 aromatic rings. The maximum absolute atomic E-state index is 13.4. The molecule has 2 N–H and O–H groups in total. The molecule has 0 aliphatic carbocycles. The molecule has 5 unspecified atom stereocenters. The van der Waals surface area contributed by atoms with Crippen LogP contribution >= 0.6 is 9.90 Å². The summed E-state index contributed by atoms with van der Waals surface area (Å²) in [4.78, 5) is 51.7. The van der Waals surface area contributed by atoms with Gasteiger partial charge in [-0.05, 0) is 25.3 Å². The van der Waals surface area contributed by atoms with Crippen molar-refractivity contribution in [1.82, 2.24) is 25.4 Å². The SMILES string of the molecule is CCCCC1([NH-])CN2CCC(C(=O)CNC3(CCCC)CN4CC(C(C)=O)CN4C3=O)N2C1=O.P.[Y]. The summed E-state index contributed by atoms with van der Waals surface area (Å²) in [6, 6.07) is -0.573. The third kappa shape index (κ3) is 5.80. The molecule has 5 atom stereocenters. The molecule has 0 aromatic carbocycles. The molecule has 0 saturated carbocycles. The third-order valence-corrected chi connectivity index (χ3v) is 8.05. The van der Waals surface area contributed by atoms with Crippen molar-refractivity contribution in [3.05, 3.63) is 5.73 Å². The Balaban J connectivity index is 0.00000228. The number of Topliss-reactive ketones (excluding diaryl/α,β-unsaturated/α-hetero) is 2. The first-order chi connectivity index (χ1) is 16.2. The Hall–Kier alpha value is -0.346. The minimum absolute atomic E-state index is 0. The Morgan fingerprint density at radius 3 is 2.31 bits per heavy atom. The number of carbonyl (C=O) groups is 4. The normalized spacial score (nSPS) is 31.9. The van der Waals surface area contributed by atoms with E-state index in [-0.39, 0.29) is 78.5 Å². The fourth-order valence-corrected chi connectivity index (χ4v) is 5.92. The minimum Gasteiger partial charge on any atom is -0.663 e. The second-order valence-electron chi connectivity index (χ2n) is 10.6. The first-order valence-corrected chi connectivity index (χ1v) is 12.8. The molecule has 0 bridgehead atoms. The van der Waals surface area contributed by atoms with Crippen molar-refractivity contribution in [3.63, 3.8) is 0 Å². The molecule has 10 nitrogen and oxygen atoms in total. The van der Waals surface area contributed by atoms with E-state index in [2.05, 4.69) is 12.2 Å². The van der Waals surface area contributed by atoms with Crippen molar-refractivity contribution in [1.29, 1.82) is 0 Å². The van der Waals surface area contributed by atoms with E-state index < -0.39 is 17.1 Å². The smallest absolute Gasteiger partial charge is 0.258 e. The number of hydrogen-bond acceptors (Lipinski definition) is 7. The van der Waals surface area contributed by atoms with Gasteiger partial charge in [0.2, 0.25) is 5.91 Å². The molecule has 12 heteroatoms. The fraction of sp³-hybridized carbons (Fsp3) is 0.833. The second kappa shape index (κ2) is 12.7. The summed E-state index contributed by atoms with van der Waals surface area (Å²) in [7, 11) is 0. The molecular formula is C24H42N6O4PY-. The van der Waals surface area contributed by atoms with Crippen LogP contribution in [-0.2, 0) is 51.9 Å². The van der Waals surface area contributed by atoms with Gasteiger partial charge in [0.15, 0.2) is 5.78 Å². The molecule has 4 rings (SSSR count). The van der Waals surface area contributed by atoms with Gasteiger partial charge in [0.25, 0.3) is 5.91 Å². The van der Waals surface area contributed by atoms with E-state index in [1.807, 2.05) is 16.9 Å². The van der Waals surface area contributed by atoms with Gasteiger partial charge in [-0.15, -0.1) is 0 Å². The van der Waals surface area contributed by atoms with Gasteiger partial charge in [-0.2, -0.15) is 9.90 Å². The Labute approximate surface area is 243 Å². The first-order valence-electron chi connectivity index (χ1n) is 12.8. The molecule has 36 heavy (non-hydrogen) atoms. The minimum atomic E-state index is -1.17. The molecule has 0 spiro atoms. The number of nitrogens with zero attached hydrogens (tertiary/aromatic N) is 4. The Bertz CT molecular complexity index is 864. The van der Waals surface area contributed by atoms with Gasteiger partial charge in [0.05, 0.1) is 12.5 Å². The predicted molar refractivity (Wildman–Crippen MR) is 137 cm³/mol. The van der Waals surface area contributed by atoms with Crippen molar-refractivity contribution in [3.8, 4) is 0 Å². The van der Waals surface area contributed by atoms with Gasteiger partial charge in [-0.3, -0.25) is 34.5 Å². The van der Waals surface area contributed by atoms with Crippen LogP contribution < -0.4 is 5.32 Å². The van der Waals surface area contributed by atoms with Crippen molar-refractivity contribution in [2.45, 2.75) is 82.8 Å². The molecule has 4 saturated heterocycles. The standard InChI is InChI=1S/C24H39N6O4.H3P.Y/c1-4-6-9-23(25)15-27-11-8-19(30(27)21(23)33)20(32)12-26-24(10-7-5-2)16-28-13-18(17(3)31)14-29(28)22(24)34;;/h18-19,25-26H,4-16H2,1-3H3;1H3;/q-1;;. The summed E-state index contributed by atoms with van der Waals surface area (Å²) in [5, 5.41) is 10.3. The Morgan fingerprint density at radius 2 is 1.69 bits per heavy atom. The summed E-state index contributed by atoms with van der Waals surface area (Å²) >= 11 is 0. The number of rotatable bonds is 11. The zero-order valence-electron chi connectivity index (χ0n) is 22.1. The molecule has 201 valence electrons. The van der Waals surface area contributed by atoms with Crippen LogP contribution in [0.1, 0.15) is 65.7 Å².